The molecule has 0 aliphatic rings. The third-order valence-electron chi connectivity index (χ3n) is 4.25. The molecule has 1 aromatic heterocycles. The Hall–Kier alpha value is -2.83. The minimum atomic E-state index is -0.188. The molecule has 2 amide bonds. The van der Waals surface area contributed by atoms with Crippen molar-refractivity contribution in [3.63, 3.8) is 0 Å². The van der Waals surface area contributed by atoms with E-state index in [0.717, 1.165) is 0 Å². The predicted molar refractivity (Wildman–Crippen MR) is 119 cm³/mol. The first kappa shape index (κ1) is 21.9. The summed E-state index contributed by atoms with van der Waals surface area (Å²) in [6, 6.07) is 12.1. The van der Waals surface area contributed by atoms with E-state index in [9.17, 15) is 9.59 Å². The number of carbonyl (C=O) groups is 2. The summed E-state index contributed by atoms with van der Waals surface area (Å²) in [5, 5.41) is 6.62. The summed E-state index contributed by atoms with van der Waals surface area (Å²) in [6.45, 7) is 3.63. The van der Waals surface area contributed by atoms with Crippen molar-refractivity contribution in [1.82, 2.24) is 4.98 Å². The van der Waals surface area contributed by atoms with Gasteiger partial charge in [0.2, 0.25) is 11.8 Å². The molecule has 156 valence electrons. The second kappa shape index (κ2) is 9.78. The highest BCUT2D eigenvalue weighted by Crippen LogP contribution is 2.30. The molecule has 2 N–H and O–H groups in total. The first-order valence-electron chi connectivity index (χ1n) is 9.42. The first-order chi connectivity index (χ1) is 14.3. The lowest BCUT2D eigenvalue weighted by atomic mass is 10.2. The van der Waals surface area contributed by atoms with E-state index in [4.69, 9.17) is 27.6 Å². The van der Waals surface area contributed by atoms with Gasteiger partial charge in [0.25, 0.3) is 0 Å². The second-order valence-corrected chi connectivity index (χ2v) is 7.86. The minimum absolute atomic E-state index is 0.0843. The fourth-order valence-corrected chi connectivity index (χ4v) is 3.15. The number of hydrogen-bond donors (Lipinski definition) is 2. The lowest BCUT2D eigenvalue weighted by Crippen LogP contribution is -2.18. The Morgan fingerprint density at radius 3 is 2.50 bits per heavy atom. The van der Waals surface area contributed by atoms with E-state index in [1.54, 1.807) is 48.7 Å². The van der Waals surface area contributed by atoms with Crippen LogP contribution in [0.15, 0.2) is 53.1 Å². The van der Waals surface area contributed by atoms with Crippen LogP contribution in [0.2, 0.25) is 10.0 Å². The van der Waals surface area contributed by atoms with Crippen molar-refractivity contribution < 1.29 is 14.0 Å². The number of oxazole rings is 1. The van der Waals surface area contributed by atoms with Crippen molar-refractivity contribution in [3.05, 3.63) is 64.6 Å². The second-order valence-electron chi connectivity index (χ2n) is 7.02. The smallest absolute Gasteiger partial charge is 0.226 e. The average Bonchev–Trinajstić information content (AvgIpc) is 3.15. The van der Waals surface area contributed by atoms with E-state index in [-0.39, 0.29) is 24.2 Å². The number of aromatic nitrogens is 1. The van der Waals surface area contributed by atoms with Crippen LogP contribution in [-0.4, -0.2) is 16.8 Å². The fourth-order valence-electron chi connectivity index (χ4n) is 2.64. The maximum atomic E-state index is 12.3. The molecule has 0 aliphatic heterocycles. The molecule has 0 unspecified atom stereocenters. The quantitative estimate of drug-likeness (QED) is 0.480. The molecule has 0 spiro atoms. The zero-order valence-electron chi connectivity index (χ0n) is 16.5. The van der Waals surface area contributed by atoms with Crippen LogP contribution in [0.4, 0.5) is 11.4 Å². The SMILES string of the molecule is CC(C)C(=O)Nc1cccc(NC(=O)CCc2ncc(-c3ccc(Cl)cc3Cl)o2)c1. The third-order valence-corrected chi connectivity index (χ3v) is 4.80. The molecule has 0 aliphatic carbocycles. The van der Waals surface area contributed by atoms with Crippen molar-refractivity contribution in [2.75, 3.05) is 10.6 Å². The Kier molecular flexibility index (Phi) is 7.13. The lowest BCUT2D eigenvalue weighted by Gasteiger charge is -2.10. The van der Waals surface area contributed by atoms with Crippen molar-refractivity contribution in [3.8, 4) is 11.3 Å². The maximum Gasteiger partial charge on any atom is 0.226 e. The van der Waals surface area contributed by atoms with Gasteiger partial charge in [-0.05, 0) is 36.4 Å². The fraction of sp³-hybridized carbons (Fsp3) is 0.227. The molecule has 0 saturated heterocycles. The Balaban J connectivity index is 1.56. The zero-order chi connectivity index (χ0) is 21.7. The molecule has 3 rings (SSSR count). The molecule has 0 atom stereocenters. The number of nitrogens with one attached hydrogen (secondary N) is 2. The highest BCUT2D eigenvalue weighted by molar-refractivity contribution is 6.36. The molecule has 0 bridgehead atoms. The molecule has 6 nitrogen and oxygen atoms in total. The Morgan fingerprint density at radius 2 is 1.80 bits per heavy atom. The van der Waals surface area contributed by atoms with Crippen LogP contribution in [0.25, 0.3) is 11.3 Å². The number of benzene rings is 2. The zero-order valence-corrected chi connectivity index (χ0v) is 18.1. The van der Waals surface area contributed by atoms with E-state index in [1.807, 2.05) is 13.8 Å². The van der Waals surface area contributed by atoms with Crippen molar-refractivity contribution in [1.29, 1.82) is 0 Å². The standard InChI is InChI=1S/C22H21Cl2N3O3/c1-13(2)22(29)27-16-5-3-4-15(11-16)26-20(28)8-9-21-25-12-19(30-21)17-7-6-14(23)10-18(17)24/h3-7,10-13H,8-9H2,1-2H3,(H,26,28)(H,27,29). The van der Waals surface area contributed by atoms with Crippen LogP contribution in [0.3, 0.4) is 0 Å². The van der Waals surface area contributed by atoms with Gasteiger partial charge in [-0.25, -0.2) is 4.98 Å². The highest BCUT2D eigenvalue weighted by atomic mass is 35.5. The van der Waals surface area contributed by atoms with Crippen LogP contribution < -0.4 is 10.6 Å². The van der Waals surface area contributed by atoms with Crippen molar-refractivity contribution in [2.45, 2.75) is 26.7 Å². The molecule has 30 heavy (non-hydrogen) atoms. The van der Waals surface area contributed by atoms with E-state index in [0.29, 0.717) is 45.1 Å². The van der Waals surface area contributed by atoms with Crippen molar-refractivity contribution >= 4 is 46.4 Å². The number of anilines is 2. The largest absolute Gasteiger partial charge is 0.441 e. The van der Waals surface area contributed by atoms with Crippen LogP contribution in [-0.2, 0) is 16.0 Å². The maximum absolute atomic E-state index is 12.3. The van der Waals surface area contributed by atoms with Gasteiger partial charge in [-0.2, -0.15) is 0 Å². The summed E-state index contributed by atoms with van der Waals surface area (Å²) in [5.41, 5.74) is 1.91. The Bertz CT molecular complexity index is 1060. The average molecular weight is 446 g/mol. The number of carbonyl (C=O) groups excluding carboxylic acids is 2. The van der Waals surface area contributed by atoms with Gasteiger partial charge in [0, 0.05) is 40.7 Å². The van der Waals surface area contributed by atoms with Gasteiger partial charge < -0.3 is 15.1 Å². The summed E-state index contributed by atoms with van der Waals surface area (Å²) in [5.74, 6) is 0.548. The number of rotatable bonds is 7. The van der Waals surface area contributed by atoms with E-state index in [1.165, 1.54) is 0 Å². The number of halogens is 2. The molecule has 2 aromatic carbocycles. The summed E-state index contributed by atoms with van der Waals surface area (Å²) < 4.78 is 5.71. The Labute approximate surface area is 184 Å². The minimum Gasteiger partial charge on any atom is -0.441 e. The summed E-state index contributed by atoms with van der Waals surface area (Å²) in [7, 11) is 0. The van der Waals surface area contributed by atoms with Gasteiger partial charge in [-0.3, -0.25) is 9.59 Å². The first-order valence-corrected chi connectivity index (χ1v) is 10.2. The topological polar surface area (TPSA) is 84.2 Å². The highest BCUT2D eigenvalue weighted by Gasteiger charge is 2.12. The summed E-state index contributed by atoms with van der Waals surface area (Å²) >= 11 is 12.1. The van der Waals surface area contributed by atoms with Gasteiger partial charge >= 0.3 is 0 Å². The predicted octanol–water partition coefficient (Wildman–Crippen LogP) is 5.81. The van der Waals surface area contributed by atoms with Gasteiger partial charge in [0.1, 0.15) is 0 Å². The molecular formula is C22H21Cl2N3O3. The molecule has 8 heteroatoms. The van der Waals surface area contributed by atoms with E-state index >= 15 is 0 Å². The van der Waals surface area contributed by atoms with E-state index in [2.05, 4.69) is 15.6 Å². The van der Waals surface area contributed by atoms with Crippen molar-refractivity contribution in [2.24, 2.45) is 5.92 Å². The number of nitrogens with zero attached hydrogens (tertiary/aromatic N) is 1. The molecule has 3 aromatic rings. The van der Waals surface area contributed by atoms with Gasteiger partial charge in [-0.15, -0.1) is 0 Å². The molecule has 1 heterocycles. The Morgan fingerprint density at radius 1 is 1.07 bits per heavy atom. The summed E-state index contributed by atoms with van der Waals surface area (Å²) in [6.07, 6.45) is 2.10. The van der Waals surface area contributed by atoms with Gasteiger partial charge in [0.15, 0.2) is 11.7 Å². The van der Waals surface area contributed by atoms with Crippen LogP contribution in [0.1, 0.15) is 26.2 Å². The lowest BCUT2D eigenvalue weighted by molar-refractivity contribution is -0.119. The van der Waals surface area contributed by atoms with Gasteiger partial charge in [0.05, 0.1) is 11.2 Å². The van der Waals surface area contributed by atoms with Gasteiger partial charge in [-0.1, -0.05) is 43.1 Å². The number of amides is 2. The van der Waals surface area contributed by atoms with Crippen LogP contribution >= 0.6 is 23.2 Å². The molecule has 0 saturated carbocycles. The third kappa shape index (κ3) is 5.84. The normalized spacial score (nSPS) is 10.8. The number of aryl methyl sites for hydroxylation is 1. The molecule has 0 fully saturated rings. The molecular weight excluding hydrogens is 425 g/mol. The van der Waals surface area contributed by atoms with Crippen LogP contribution in [0, 0.1) is 5.92 Å². The van der Waals surface area contributed by atoms with Crippen LogP contribution in [0.5, 0.6) is 0 Å². The van der Waals surface area contributed by atoms with E-state index < -0.39 is 0 Å². The monoisotopic (exact) mass is 445 g/mol. The number of hydrogen-bond acceptors (Lipinski definition) is 4. The molecule has 0 radical (unpaired) electrons. The summed E-state index contributed by atoms with van der Waals surface area (Å²) in [4.78, 5) is 28.3.